The predicted octanol–water partition coefficient (Wildman–Crippen LogP) is 5.48. The van der Waals surface area contributed by atoms with Crippen molar-refractivity contribution in [2.45, 2.75) is 63.1 Å². The molecule has 0 amide bonds. The van der Waals surface area contributed by atoms with E-state index >= 15 is 0 Å². The summed E-state index contributed by atoms with van der Waals surface area (Å²) in [7, 11) is 0. The van der Waals surface area contributed by atoms with Crippen LogP contribution in [0.1, 0.15) is 47.9 Å². The topological polar surface area (TPSA) is 114 Å². The van der Waals surface area contributed by atoms with Crippen LogP contribution >= 0.6 is 0 Å². The third-order valence-electron chi connectivity index (χ3n) is 9.05. The highest BCUT2D eigenvalue weighted by Gasteiger charge is 2.57. The summed E-state index contributed by atoms with van der Waals surface area (Å²) in [5.74, 6) is -1.00. The van der Waals surface area contributed by atoms with Crippen molar-refractivity contribution >= 4 is 0 Å². The summed E-state index contributed by atoms with van der Waals surface area (Å²) < 4.78 is 34.2. The number of rotatable bonds is 11. The fourth-order valence-electron chi connectivity index (χ4n) is 6.82. The Kier molecular flexibility index (Phi) is 9.33. The molecule has 2 saturated heterocycles. The lowest BCUT2D eigenvalue weighted by Crippen LogP contribution is -2.44. The van der Waals surface area contributed by atoms with Gasteiger partial charge in [0.25, 0.3) is 5.56 Å². The first-order valence-corrected chi connectivity index (χ1v) is 16.5. The second kappa shape index (κ2) is 14.0. The van der Waals surface area contributed by atoms with Crippen molar-refractivity contribution in [3.8, 4) is 6.07 Å². The van der Waals surface area contributed by atoms with Crippen LogP contribution in [0.25, 0.3) is 0 Å². The zero-order chi connectivity index (χ0) is 34.7. The van der Waals surface area contributed by atoms with Gasteiger partial charge in [-0.25, -0.2) is 9.36 Å². The van der Waals surface area contributed by atoms with Crippen molar-refractivity contribution in [3.63, 3.8) is 0 Å². The van der Waals surface area contributed by atoms with E-state index in [1.807, 2.05) is 127 Å². The number of benzene rings is 4. The summed E-state index contributed by atoms with van der Waals surface area (Å²) in [4.78, 5) is 27.1. The number of hydrogen-bond donors (Lipinski definition) is 0. The van der Waals surface area contributed by atoms with Crippen LogP contribution in [0.5, 0.6) is 0 Å². The van der Waals surface area contributed by atoms with E-state index in [0.29, 0.717) is 0 Å². The van der Waals surface area contributed by atoms with Gasteiger partial charge in [0.05, 0.1) is 13.2 Å². The fraction of sp³-hybridized carbons (Fsp3) is 0.275. The minimum atomic E-state index is -1.03. The van der Waals surface area contributed by atoms with Gasteiger partial charge in [-0.3, -0.25) is 9.36 Å². The lowest BCUT2D eigenvalue weighted by Gasteiger charge is -2.37. The van der Waals surface area contributed by atoms with Crippen LogP contribution in [0.15, 0.2) is 137 Å². The molecule has 0 saturated carbocycles. The van der Waals surface area contributed by atoms with Crippen LogP contribution in [0.2, 0.25) is 0 Å². The highest BCUT2D eigenvalue weighted by atomic mass is 16.8. The van der Waals surface area contributed by atoms with E-state index in [9.17, 15) is 14.9 Å². The van der Waals surface area contributed by atoms with Crippen LogP contribution in [-0.4, -0.2) is 39.8 Å². The molecule has 254 valence electrons. The van der Waals surface area contributed by atoms with Crippen LogP contribution in [0, 0.1) is 11.3 Å². The van der Waals surface area contributed by atoms with Crippen molar-refractivity contribution in [1.29, 1.82) is 5.26 Å². The van der Waals surface area contributed by atoms with E-state index in [-0.39, 0.29) is 25.5 Å². The number of nitrogens with zero attached hydrogens (tertiary/aromatic N) is 3. The molecule has 10 nitrogen and oxygen atoms in total. The van der Waals surface area contributed by atoms with Gasteiger partial charge in [0, 0.05) is 6.20 Å². The molecule has 4 atom stereocenters. The van der Waals surface area contributed by atoms with Gasteiger partial charge >= 0.3 is 5.69 Å². The number of hydrogen-bond acceptors (Lipinski definition) is 8. The second-order valence-corrected chi connectivity index (χ2v) is 12.8. The summed E-state index contributed by atoms with van der Waals surface area (Å²) in [6.45, 7) is 3.46. The van der Waals surface area contributed by atoms with Gasteiger partial charge in [-0.05, 0) is 36.1 Å². The van der Waals surface area contributed by atoms with Crippen molar-refractivity contribution in [2.75, 3.05) is 6.61 Å². The molecule has 0 spiro atoms. The number of fused-ring (bicyclic) bond motifs is 1. The van der Waals surface area contributed by atoms with Crippen LogP contribution in [-0.2, 0) is 42.6 Å². The van der Waals surface area contributed by atoms with Crippen molar-refractivity contribution in [2.24, 2.45) is 0 Å². The Labute approximate surface area is 289 Å². The Morgan fingerprint density at radius 1 is 0.780 bits per heavy atom. The standard InChI is InChI=1S/C40H37N3O7/c1-39(2)49-34-33(26-47-40(30-17-9-4-10-18-30,31-19-11-5-12-20-31)32-21-13-6-14-22-32)48-37(35(34)50-39)42-24-29(23-41)36(44)43(38(42)45)27-46-25-28-15-7-3-8-16-28/h3-22,24,33-35,37H,25-27H2,1-2H3/t33-,34-,35-,37-/m1/s1. The largest absolute Gasteiger partial charge is 0.358 e. The normalized spacial score (nSPS) is 21.1. The molecule has 2 aliphatic heterocycles. The van der Waals surface area contributed by atoms with E-state index in [1.54, 1.807) is 13.8 Å². The van der Waals surface area contributed by atoms with Gasteiger partial charge in [-0.15, -0.1) is 0 Å². The van der Waals surface area contributed by atoms with E-state index in [4.69, 9.17) is 23.7 Å². The number of aromatic nitrogens is 2. The van der Waals surface area contributed by atoms with Crippen molar-refractivity contribution < 1.29 is 23.7 Å². The molecular formula is C40H37N3O7. The summed E-state index contributed by atoms with van der Waals surface area (Å²) >= 11 is 0. The molecule has 10 heteroatoms. The fourth-order valence-corrected chi connectivity index (χ4v) is 6.82. The highest BCUT2D eigenvalue weighted by molar-refractivity contribution is 5.47. The first-order valence-electron chi connectivity index (χ1n) is 16.5. The lowest BCUT2D eigenvalue weighted by molar-refractivity contribution is -0.206. The first-order chi connectivity index (χ1) is 24.3. The van der Waals surface area contributed by atoms with Crippen LogP contribution in [0.4, 0.5) is 0 Å². The molecular weight excluding hydrogens is 634 g/mol. The Balaban J connectivity index is 1.24. The van der Waals surface area contributed by atoms with Gasteiger partial charge in [0.1, 0.15) is 42.3 Å². The second-order valence-electron chi connectivity index (χ2n) is 12.8. The molecule has 5 aromatic rings. The zero-order valence-electron chi connectivity index (χ0n) is 27.8. The summed E-state index contributed by atoms with van der Waals surface area (Å²) in [5.41, 5.74) is 0.927. The van der Waals surface area contributed by atoms with Crippen LogP contribution in [0.3, 0.4) is 0 Å². The Hall–Kier alpha value is -5.15. The van der Waals surface area contributed by atoms with Gasteiger partial charge < -0.3 is 23.7 Å². The SMILES string of the molecule is CC1(C)O[C@@H]2[C@H](O1)[C@@H](COC(c1ccccc1)(c1ccccc1)c1ccccc1)O[C@H]2n1cc(C#N)c(=O)n(COCc2ccccc2)c1=O. The molecule has 50 heavy (non-hydrogen) atoms. The van der Waals surface area contributed by atoms with E-state index in [1.165, 1.54) is 10.8 Å². The first kappa shape index (κ1) is 33.4. The van der Waals surface area contributed by atoms with E-state index < -0.39 is 47.2 Å². The number of ether oxygens (including phenoxy) is 5. The maximum absolute atomic E-state index is 13.9. The Bertz CT molecular complexity index is 1980. The molecule has 2 fully saturated rings. The van der Waals surface area contributed by atoms with Gasteiger partial charge in [0.2, 0.25) is 0 Å². The Morgan fingerprint density at radius 2 is 1.30 bits per heavy atom. The molecule has 0 aliphatic carbocycles. The summed E-state index contributed by atoms with van der Waals surface area (Å²) in [6, 6.07) is 41.3. The summed E-state index contributed by atoms with van der Waals surface area (Å²) in [6.07, 6.45) is -1.90. The lowest BCUT2D eigenvalue weighted by atomic mass is 9.80. The van der Waals surface area contributed by atoms with Gasteiger partial charge in [-0.1, -0.05) is 121 Å². The van der Waals surface area contributed by atoms with E-state index in [2.05, 4.69) is 0 Å². The smallest absolute Gasteiger partial charge is 0.335 e. The minimum Gasteiger partial charge on any atom is -0.358 e. The monoisotopic (exact) mass is 671 g/mol. The molecule has 1 aromatic heterocycles. The van der Waals surface area contributed by atoms with E-state index in [0.717, 1.165) is 26.8 Å². The van der Waals surface area contributed by atoms with Crippen molar-refractivity contribution in [1.82, 2.24) is 9.13 Å². The zero-order valence-corrected chi connectivity index (χ0v) is 27.8. The highest BCUT2D eigenvalue weighted by Crippen LogP contribution is 2.45. The Morgan fingerprint density at radius 3 is 1.84 bits per heavy atom. The molecule has 0 N–H and O–H groups in total. The molecule has 7 rings (SSSR count). The molecule has 0 unspecified atom stereocenters. The van der Waals surface area contributed by atoms with Gasteiger partial charge in [0.15, 0.2) is 12.0 Å². The van der Waals surface area contributed by atoms with Crippen molar-refractivity contribution in [3.05, 3.63) is 176 Å². The quantitative estimate of drug-likeness (QED) is 0.170. The number of nitriles is 1. The summed E-state index contributed by atoms with van der Waals surface area (Å²) in [5, 5.41) is 9.89. The maximum atomic E-state index is 13.9. The molecule has 2 aliphatic rings. The third-order valence-corrected chi connectivity index (χ3v) is 9.05. The molecule has 4 aromatic carbocycles. The molecule has 3 heterocycles. The van der Waals surface area contributed by atoms with Crippen LogP contribution < -0.4 is 11.2 Å². The van der Waals surface area contributed by atoms with Gasteiger partial charge in [-0.2, -0.15) is 5.26 Å². The average molecular weight is 672 g/mol. The molecule has 0 radical (unpaired) electrons. The maximum Gasteiger partial charge on any atom is 0.335 e. The predicted molar refractivity (Wildman–Crippen MR) is 184 cm³/mol. The average Bonchev–Trinajstić information content (AvgIpc) is 3.64. The molecule has 0 bridgehead atoms. The third kappa shape index (κ3) is 6.33. The minimum absolute atomic E-state index is 0.0511.